The molecule has 0 aliphatic rings. The molecule has 2 atom stereocenters. The van der Waals surface area contributed by atoms with Crippen molar-refractivity contribution in [3.63, 3.8) is 0 Å². The van der Waals surface area contributed by atoms with E-state index in [2.05, 4.69) is 15.3 Å². The molecule has 1 aromatic heterocycles. The predicted molar refractivity (Wildman–Crippen MR) is 59.6 cm³/mol. The molecule has 2 N–H and O–H groups in total. The number of nitrogens with zero attached hydrogens (tertiary/aromatic N) is 2. The molecule has 0 aromatic carbocycles. The minimum absolute atomic E-state index is 0.167. The molecule has 0 aliphatic carbocycles. The molecular weight excluding hydrogens is 190 g/mol. The van der Waals surface area contributed by atoms with Crippen molar-refractivity contribution in [2.75, 3.05) is 6.54 Å². The summed E-state index contributed by atoms with van der Waals surface area (Å²) in [5, 5.41) is 12.4. The summed E-state index contributed by atoms with van der Waals surface area (Å²) in [6, 6.07) is 0.167. The van der Waals surface area contributed by atoms with Crippen molar-refractivity contribution in [2.24, 2.45) is 0 Å². The van der Waals surface area contributed by atoms with Crippen LogP contribution in [0.5, 0.6) is 0 Å². The zero-order chi connectivity index (χ0) is 11.4. The van der Waals surface area contributed by atoms with E-state index in [1.165, 1.54) is 0 Å². The molecule has 0 fully saturated rings. The van der Waals surface area contributed by atoms with Crippen molar-refractivity contribution in [1.29, 1.82) is 0 Å². The van der Waals surface area contributed by atoms with E-state index in [-0.39, 0.29) is 12.1 Å². The van der Waals surface area contributed by atoms with Crippen molar-refractivity contribution in [2.45, 2.75) is 39.8 Å². The maximum atomic E-state index is 9.17. The second-order valence-corrected chi connectivity index (χ2v) is 3.94. The molecule has 0 aliphatic heterocycles. The molecule has 0 spiro atoms. The lowest BCUT2D eigenvalue weighted by molar-refractivity contribution is 0.187. The third kappa shape index (κ3) is 3.57. The van der Waals surface area contributed by atoms with Crippen LogP contribution >= 0.6 is 0 Å². The minimum atomic E-state index is -0.334. The van der Waals surface area contributed by atoms with Crippen molar-refractivity contribution >= 4 is 0 Å². The van der Waals surface area contributed by atoms with E-state index in [1.807, 2.05) is 27.0 Å². The van der Waals surface area contributed by atoms with Crippen LogP contribution in [0.15, 0.2) is 6.20 Å². The Labute approximate surface area is 90.8 Å². The quantitative estimate of drug-likeness (QED) is 0.780. The van der Waals surface area contributed by atoms with Crippen LogP contribution in [-0.4, -0.2) is 27.7 Å². The number of nitrogens with one attached hydrogen (secondary N) is 1. The molecule has 0 radical (unpaired) electrons. The van der Waals surface area contributed by atoms with Gasteiger partial charge in [-0.3, -0.25) is 0 Å². The van der Waals surface area contributed by atoms with Crippen LogP contribution < -0.4 is 5.32 Å². The van der Waals surface area contributed by atoms with Gasteiger partial charge in [0.25, 0.3) is 0 Å². The predicted octanol–water partition coefficient (Wildman–Crippen LogP) is 1.12. The lowest BCUT2D eigenvalue weighted by Crippen LogP contribution is -2.27. The van der Waals surface area contributed by atoms with Crippen LogP contribution in [0.4, 0.5) is 0 Å². The van der Waals surface area contributed by atoms with Crippen LogP contribution in [0.2, 0.25) is 0 Å². The molecule has 1 aromatic rings. The molecule has 1 unspecified atom stereocenters. The summed E-state index contributed by atoms with van der Waals surface area (Å²) in [5.41, 5.74) is 2.08. The van der Waals surface area contributed by atoms with Crippen LogP contribution in [-0.2, 0) is 0 Å². The van der Waals surface area contributed by atoms with Gasteiger partial charge in [-0.2, -0.15) is 0 Å². The third-order valence-electron chi connectivity index (χ3n) is 2.32. The highest BCUT2D eigenvalue weighted by Gasteiger charge is 2.10. The third-order valence-corrected chi connectivity index (χ3v) is 2.32. The number of hydrogen-bond acceptors (Lipinski definition) is 4. The second-order valence-electron chi connectivity index (χ2n) is 3.94. The van der Waals surface area contributed by atoms with Gasteiger partial charge in [0, 0.05) is 30.0 Å². The summed E-state index contributed by atoms with van der Waals surface area (Å²) in [4.78, 5) is 8.48. The molecule has 4 nitrogen and oxygen atoms in total. The molecular formula is C11H19N3O. The second kappa shape index (κ2) is 5.19. The van der Waals surface area contributed by atoms with E-state index >= 15 is 0 Å². The Morgan fingerprint density at radius 3 is 2.60 bits per heavy atom. The number of aliphatic hydroxyl groups is 1. The van der Waals surface area contributed by atoms with Gasteiger partial charge < -0.3 is 10.4 Å². The van der Waals surface area contributed by atoms with E-state index < -0.39 is 0 Å². The Bertz CT molecular complexity index is 326. The highest BCUT2D eigenvalue weighted by atomic mass is 16.3. The van der Waals surface area contributed by atoms with E-state index in [4.69, 9.17) is 5.11 Å². The molecule has 1 rings (SSSR count). The SMILES string of the molecule is Cc1ncc(C(C)NC[C@@H](C)O)c(C)n1. The maximum Gasteiger partial charge on any atom is 0.125 e. The lowest BCUT2D eigenvalue weighted by Gasteiger charge is -2.16. The Morgan fingerprint density at radius 1 is 1.40 bits per heavy atom. The zero-order valence-electron chi connectivity index (χ0n) is 9.78. The van der Waals surface area contributed by atoms with Crippen molar-refractivity contribution in [1.82, 2.24) is 15.3 Å². The van der Waals surface area contributed by atoms with Gasteiger partial charge in [0.05, 0.1) is 6.10 Å². The normalized spacial score (nSPS) is 15.0. The van der Waals surface area contributed by atoms with Crippen molar-refractivity contribution in [3.05, 3.63) is 23.3 Å². The van der Waals surface area contributed by atoms with Crippen molar-refractivity contribution in [3.8, 4) is 0 Å². The highest BCUT2D eigenvalue weighted by molar-refractivity contribution is 5.19. The van der Waals surface area contributed by atoms with Gasteiger partial charge >= 0.3 is 0 Å². The first-order chi connectivity index (χ1) is 7.00. The monoisotopic (exact) mass is 209 g/mol. The fraction of sp³-hybridized carbons (Fsp3) is 0.636. The van der Waals surface area contributed by atoms with Gasteiger partial charge in [-0.05, 0) is 27.7 Å². The summed E-state index contributed by atoms with van der Waals surface area (Å²) in [6.07, 6.45) is 1.51. The standard InChI is InChI=1S/C11H19N3O/c1-7(15)5-12-8(2)11-6-13-10(4)14-9(11)3/h6-8,12,15H,5H2,1-4H3/t7-,8?/m1/s1. The van der Waals surface area contributed by atoms with Gasteiger partial charge in [0.1, 0.15) is 5.82 Å². The smallest absolute Gasteiger partial charge is 0.125 e. The largest absolute Gasteiger partial charge is 0.392 e. The van der Waals surface area contributed by atoms with Crippen LogP contribution in [0.25, 0.3) is 0 Å². The van der Waals surface area contributed by atoms with Gasteiger partial charge in [0.15, 0.2) is 0 Å². The van der Waals surface area contributed by atoms with Crippen molar-refractivity contribution < 1.29 is 5.11 Å². The Hall–Kier alpha value is -1.00. The molecule has 4 heteroatoms. The molecule has 0 bridgehead atoms. The maximum absolute atomic E-state index is 9.17. The average Bonchev–Trinajstić information content (AvgIpc) is 2.14. The van der Waals surface area contributed by atoms with E-state index in [9.17, 15) is 0 Å². The molecule has 0 saturated carbocycles. The summed E-state index contributed by atoms with van der Waals surface area (Å²) in [5.74, 6) is 0.791. The van der Waals surface area contributed by atoms with Gasteiger partial charge in [-0.15, -0.1) is 0 Å². The molecule has 15 heavy (non-hydrogen) atoms. The number of aromatic nitrogens is 2. The Balaban J connectivity index is 2.69. The Morgan fingerprint density at radius 2 is 2.07 bits per heavy atom. The van der Waals surface area contributed by atoms with E-state index in [0.717, 1.165) is 17.1 Å². The Kier molecular flexibility index (Phi) is 4.17. The molecule has 84 valence electrons. The minimum Gasteiger partial charge on any atom is -0.392 e. The molecule has 1 heterocycles. The van der Waals surface area contributed by atoms with E-state index in [1.54, 1.807) is 6.92 Å². The first-order valence-corrected chi connectivity index (χ1v) is 5.22. The number of aliphatic hydroxyl groups excluding tert-OH is 1. The van der Waals surface area contributed by atoms with E-state index in [0.29, 0.717) is 6.54 Å². The molecule has 0 amide bonds. The van der Waals surface area contributed by atoms with Gasteiger partial charge in [0.2, 0.25) is 0 Å². The average molecular weight is 209 g/mol. The lowest BCUT2D eigenvalue weighted by atomic mass is 10.1. The number of hydrogen-bond donors (Lipinski definition) is 2. The summed E-state index contributed by atoms with van der Waals surface area (Å²) in [7, 11) is 0. The fourth-order valence-electron chi connectivity index (χ4n) is 1.47. The fourth-order valence-corrected chi connectivity index (χ4v) is 1.47. The van der Waals surface area contributed by atoms with Crippen LogP contribution in [0, 0.1) is 13.8 Å². The summed E-state index contributed by atoms with van der Waals surface area (Å²) in [6.45, 7) is 8.24. The summed E-state index contributed by atoms with van der Waals surface area (Å²) >= 11 is 0. The number of rotatable bonds is 4. The summed E-state index contributed by atoms with van der Waals surface area (Å²) < 4.78 is 0. The van der Waals surface area contributed by atoms with Gasteiger partial charge in [-0.1, -0.05) is 0 Å². The van der Waals surface area contributed by atoms with Crippen LogP contribution in [0.1, 0.15) is 37.0 Å². The number of aryl methyl sites for hydroxylation is 2. The van der Waals surface area contributed by atoms with Crippen LogP contribution in [0.3, 0.4) is 0 Å². The highest BCUT2D eigenvalue weighted by Crippen LogP contribution is 2.14. The first-order valence-electron chi connectivity index (χ1n) is 5.22. The zero-order valence-corrected chi connectivity index (χ0v) is 9.78. The first kappa shape index (κ1) is 12.1. The molecule has 0 saturated heterocycles. The van der Waals surface area contributed by atoms with Gasteiger partial charge in [-0.25, -0.2) is 9.97 Å². The topological polar surface area (TPSA) is 58.0 Å².